The Kier molecular flexibility index (Phi) is 5.18. The van der Waals surface area contributed by atoms with Crippen LogP contribution in [0.25, 0.3) is 0 Å². The Hall–Kier alpha value is -3.42. The molecule has 1 N–H and O–H groups in total. The van der Waals surface area contributed by atoms with E-state index in [4.69, 9.17) is 4.74 Å². The Morgan fingerprint density at radius 1 is 1.00 bits per heavy atom. The highest BCUT2D eigenvalue weighted by Gasteiger charge is 2.20. The summed E-state index contributed by atoms with van der Waals surface area (Å²) in [6.07, 6.45) is 1.53. The first kappa shape index (κ1) is 18.0. The molecule has 1 saturated heterocycles. The molecule has 144 valence electrons. The highest BCUT2D eigenvalue weighted by Crippen LogP contribution is 2.22. The van der Waals surface area contributed by atoms with Gasteiger partial charge in [0.2, 0.25) is 5.95 Å². The highest BCUT2D eigenvalue weighted by atomic mass is 19.1. The molecule has 2 heterocycles. The molecule has 0 spiro atoms. The molecule has 1 fully saturated rings. The van der Waals surface area contributed by atoms with Crippen molar-refractivity contribution in [3.8, 4) is 5.75 Å². The summed E-state index contributed by atoms with van der Waals surface area (Å²) in [5, 5.41) is 11.3. The molecular weight excluding hydrogens is 359 g/mol. The number of halogens is 1. The molecule has 8 heteroatoms. The van der Waals surface area contributed by atoms with Crippen LogP contribution < -0.4 is 19.9 Å². The van der Waals surface area contributed by atoms with E-state index in [1.807, 2.05) is 12.1 Å². The number of hydrogen-bond donors (Lipinski definition) is 1. The molecule has 4 rings (SSSR count). The van der Waals surface area contributed by atoms with Gasteiger partial charge in [-0.3, -0.25) is 0 Å². The van der Waals surface area contributed by atoms with E-state index in [1.54, 1.807) is 19.2 Å². The van der Waals surface area contributed by atoms with Gasteiger partial charge < -0.3 is 19.9 Å². The summed E-state index contributed by atoms with van der Waals surface area (Å²) in [5.74, 6) is 1.65. The second kappa shape index (κ2) is 8.08. The smallest absolute Gasteiger partial charge is 0.247 e. The summed E-state index contributed by atoms with van der Waals surface area (Å²) in [5.41, 5.74) is 1.79. The first-order chi connectivity index (χ1) is 13.7. The molecule has 0 atom stereocenters. The standard InChI is InChI=1S/C20H21FN6O/c1-28-18-7-5-17(6-8-18)26-9-11-27(12-10-26)20-24-19(14-22-25-20)23-16-4-2-3-15(21)13-16/h2-8,13-14H,9-12H2,1H3,(H,23,24,25). The van der Waals surface area contributed by atoms with Crippen molar-refractivity contribution in [2.24, 2.45) is 0 Å². The van der Waals surface area contributed by atoms with Crippen LogP contribution in [0.2, 0.25) is 0 Å². The Morgan fingerprint density at radius 3 is 2.46 bits per heavy atom. The fourth-order valence-corrected chi connectivity index (χ4v) is 3.16. The molecule has 1 aliphatic heterocycles. The first-order valence-corrected chi connectivity index (χ1v) is 9.07. The van der Waals surface area contributed by atoms with Crippen molar-refractivity contribution in [1.29, 1.82) is 0 Å². The highest BCUT2D eigenvalue weighted by molar-refractivity contribution is 5.56. The van der Waals surface area contributed by atoms with Crippen LogP contribution in [-0.4, -0.2) is 48.5 Å². The number of aromatic nitrogens is 3. The van der Waals surface area contributed by atoms with Crippen LogP contribution in [0, 0.1) is 5.82 Å². The minimum atomic E-state index is -0.304. The number of methoxy groups -OCH3 is 1. The SMILES string of the molecule is COc1ccc(N2CCN(c3nncc(Nc4cccc(F)c4)n3)CC2)cc1. The molecule has 0 aliphatic carbocycles. The van der Waals surface area contributed by atoms with Crippen LogP contribution in [0.1, 0.15) is 0 Å². The molecule has 7 nitrogen and oxygen atoms in total. The summed E-state index contributed by atoms with van der Waals surface area (Å²) in [6, 6.07) is 14.3. The zero-order chi connectivity index (χ0) is 19.3. The van der Waals surface area contributed by atoms with Gasteiger partial charge in [0.15, 0.2) is 5.82 Å². The normalized spacial score (nSPS) is 14.1. The van der Waals surface area contributed by atoms with Crippen molar-refractivity contribution in [2.45, 2.75) is 0 Å². The minimum absolute atomic E-state index is 0.304. The van der Waals surface area contributed by atoms with Gasteiger partial charge >= 0.3 is 0 Å². The maximum Gasteiger partial charge on any atom is 0.247 e. The Morgan fingerprint density at radius 2 is 1.75 bits per heavy atom. The molecule has 28 heavy (non-hydrogen) atoms. The van der Waals surface area contributed by atoms with E-state index < -0.39 is 0 Å². The minimum Gasteiger partial charge on any atom is -0.497 e. The zero-order valence-electron chi connectivity index (χ0n) is 15.5. The van der Waals surface area contributed by atoms with E-state index in [0.717, 1.165) is 31.9 Å². The third-order valence-electron chi connectivity index (χ3n) is 4.64. The van der Waals surface area contributed by atoms with Crippen molar-refractivity contribution in [3.05, 3.63) is 60.5 Å². The Balaban J connectivity index is 1.40. The lowest BCUT2D eigenvalue weighted by atomic mass is 10.2. The van der Waals surface area contributed by atoms with Gasteiger partial charge in [-0.05, 0) is 42.5 Å². The lowest BCUT2D eigenvalue weighted by molar-refractivity contribution is 0.415. The summed E-state index contributed by atoms with van der Waals surface area (Å²) < 4.78 is 18.6. The molecule has 1 aliphatic rings. The van der Waals surface area contributed by atoms with Gasteiger partial charge in [-0.1, -0.05) is 6.07 Å². The Bertz CT molecular complexity index is 928. The van der Waals surface area contributed by atoms with Crippen LogP contribution in [0.3, 0.4) is 0 Å². The number of benzene rings is 2. The summed E-state index contributed by atoms with van der Waals surface area (Å²) in [4.78, 5) is 8.94. The third kappa shape index (κ3) is 4.11. The maximum atomic E-state index is 13.4. The number of piperazine rings is 1. The summed E-state index contributed by atoms with van der Waals surface area (Å²) >= 11 is 0. The molecule has 0 unspecified atom stereocenters. The topological polar surface area (TPSA) is 66.4 Å². The monoisotopic (exact) mass is 380 g/mol. The van der Waals surface area contributed by atoms with E-state index >= 15 is 0 Å². The van der Waals surface area contributed by atoms with Gasteiger partial charge in [-0.15, -0.1) is 5.10 Å². The molecular formula is C20H21FN6O. The lowest BCUT2D eigenvalue weighted by Gasteiger charge is -2.36. The average molecular weight is 380 g/mol. The second-order valence-electron chi connectivity index (χ2n) is 6.45. The van der Waals surface area contributed by atoms with Gasteiger partial charge in [0.1, 0.15) is 11.6 Å². The molecule has 0 amide bonds. The van der Waals surface area contributed by atoms with Gasteiger partial charge in [0, 0.05) is 37.6 Å². The van der Waals surface area contributed by atoms with Gasteiger partial charge in [0.25, 0.3) is 0 Å². The Labute approximate surface area is 162 Å². The van der Waals surface area contributed by atoms with Crippen LogP contribution in [0.5, 0.6) is 5.75 Å². The largest absolute Gasteiger partial charge is 0.497 e. The van der Waals surface area contributed by atoms with Crippen molar-refractivity contribution >= 4 is 23.1 Å². The van der Waals surface area contributed by atoms with E-state index in [2.05, 4.69) is 42.4 Å². The van der Waals surface area contributed by atoms with Crippen molar-refractivity contribution < 1.29 is 9.13 Å². The van der Waals surface area contributed by atoms with Crippen LogP contribution in [0.15, 0.2) is 54.7 Å². The molecule has 0 radical (unpaired) electrons. The van der Waals surface area contributed by atoms with Crippen LogP contribution >= 0.6 is 0 Å². The fourth-order valence-electron chi connectivity index (χ4n) is 3.16. The molecule has 0 bridgehead atoms. The van der Waals surface area contributed by atoms with Crippen molar-refractivity contribution in [2.75, 3.05) is 48.4 Å². The van der Waals surface area contributed by atoms with Crippen molar-refractivity contribution in [1.82, 2.24) is 15.2 Å². The number of hydrogen-bond acceptors (Lipinski definition) is 7. The first-order valence-electron chi connectivity index (χ1n) is 9.07. The zero-order valence-corrected chi connectivity index (χ0v) is 15.5. The number of anilines is 4. The van der Waals surface area contributed by atoms with Gasteiger partial charge in [-0.25, -0.2) is 4.39 Å². The molecule has 3 aromatic rings. The predicted octanol–water partition coefficient (Wildman–Crippen LogP) is 3.09. The van der Waals surface area contributed by atoms with Crippen LogP contribution in [0.4, 0.5) is 27.5 Å². The summed E-state index contributed by atoms with van der Waals surface area (Å²) in [7, 11) is 1.67. The van der Waals surface area contributed by atoms with Crippen LogP contribution in [-0.2, 0) is 0 Å². The lowest BCUT2D eigenvalue weighted by Crippen LogP contribution is -2.47. The number of rotatable bonds is 5. The molecule has 2 aromatic carbocycles. The average Bonchev–Trinajstić information content (AvgIpc) is 2.74. The number of ether oxygens (including phenoxy) is 1. The second-order valence-corrected chi connectivity index (χ2v) is 6.45. The predicted molar refractivity (Wildman–Crippen MR) is 107 cm³/mol. The van der Waals surface area contributed by atoms with Crippen molar-refractivity contribution in [3.63, 3.8) is 0 Å². The van der Waals surface area contributed by atoms with Gasteiger partial charge in [-0.2, -0.15) is 10.1 Å². The quantitative estimate of drug-likeness (QED) is 0.730. The van der Waals surface area contributed by atoms with E-state index in [1.165, 1.54) is 24.0 Å². The van der Waals surface area contributed by atoms with E-state index in [9.17, 15) is 4.39 Å². The van der Waals surface area contributed by atoms with E-state index in [-0.39, 0.29) is 5.82 Å². The molecule has 1 aromatic heterocycles. The maximum absolute atomic E-state index is 13.4. The number of nitrogens with zero attached hydrogens (tertiary/aromatic N) is 5. The van der Waals surface area contributed by atoms with Gasteiger partial charge in [0.05, 0.1) is 13.3 Å². The fraction of sp³-hybridized carbons (Fsp3) is 0.250. The van der Waals surface area contributed by atoms with E-state index in [0.29, 0.717) is 17.5 Å². The summed E-state index contributed by atoms with van der Waals surface area (Å²) in [6.45, 7) is 3.29. The molecule has 0 saturated carbocycles. The third-order valence-corrected chi connectivity index (χ3v) is 4.64. The number of nitrogens with one attached hydrogen (secondary N) is 1.